The average Bonchev–Trinajstić information content (AvgIpc) is 3.25. The molecular weight excluding hydrogens is 407 g/mol. The number of amidine groups is 1. The van der Waals surface area contributed by atoms with Crippen LogP contribution in [0.25, 0.3) is 0 Å². The van der Waals surface area contributed by atoms with Gasteiger partial charge in [0, 0.05) is 11.1 Å². The highest BCUT2D eigenvalue weighted by Crippen LogP contribution is 2.40. The first-order valence-electron chi connectivity index (χ1n) is 7.59. The molecule has 0 bridgehead atoms. The maximum Gasteiger partial charge on any atom is 0.419 e. The van der Waals surface area contributed by atoms with E-state index in [2.05, 4.69) is 15.0 Å². The lowest BCUT2D eigenvalue weighted by atomic mass is 9.99. The molecule has 11 heteroatoms. The number of methoxy groups -OCH3 is 1. The van der Waals surface area contributed by atoms with Crippen LogP contribution < -0.4 is 5.32 Å². The van der Waals surface area contributed by atoms with Crippen LogP contribution in [0.5, 0.6) is 0 Å². The molecule has 1 aromatic rings. The Labute approximate surface area is 161 Å². The van der Waals surface area contributed by atoms with Crippen molar-refractivity contribution < 1.29 is 27.5 Å². The lowest BCUT2D eigenvalue weighted by Crippen LogP contribution is -2.58. The SMILES string of the molecule is COC(=O)C1(C(=O)NCc2cccs2)N=C2C(C(F)(F)F)=CC=CN2C1Cl. The molecule has 0 spiro atoms. The standard InChI is InChI=1S/C16H13ClF3N3O3S/c1-26-14(25)15(13(24)21-8-9-4-3-7-27-9)12(17)23-6-2-5-10(11(23)22-15)16(18,19)20/h2-7,12H,8H2,1H3,(H,21,24). The second-order valence-electron chi connectivity index (χ2n) is 5.62. The van der Waals surface area contributed by atoms with Crippen LogP contribution in [0.2, 0.25) is 0 Å². The molecule has 2 aliphatic rings. The minimum Gasteiger partial charge on any atom is -0.467 e. The highest BCUT2D eigenvalue weighted by molar-refractivity contribution is 7.09. The van der Waals surface area contributed by atoms with E-state index in [1.165, 1.54) is 17.5 Å². The molecule has 2 atom stereocenters. The van der Waals surface area contributed by atoms with Gasteiger partial charge in [0.2, 0.25) is 0 Å². The zero-order valence-electron chi connectivity index (χ0n) is 13.8. The number of halogens is 4. The molecule has 1 N–H and O–H groups in total. The maximum absolute atomic E-state index is 13.3. The second-order valence-corrected chi connectivity index (χ2v) is 7.06. The Hall–Kier alpha value is -2.33. The van der Waals surface area contributed by atoms with Crippen molar-refractivity contribution in [2.45, 2.75) is 23.8 Å². The number of ether oxygens (including phenoxy) is 1. The molecule has 0 aromatic carbocycles. The van der Waals surface area contributed by atoms with Crippen LogP contribution in [0.4, 0.5) is 13.2 Å². The zero-order chi connectivity index (χ0) is 19.8. The molecule has 6 nitrogen and oxygen atoms in total. The number of alkyl halides is 4. The Kier molecular flexibility index (Phi) is 5.04. The van der Waals surface area contributed by atoms with Crippen molar-refractivity contribution in [3.05, 3.63) is 46.3 Å². The minimum atomic E-state index is -4.74. The summed E-state index contributed by atoms with van der Waals surface area (Å²) in [6.45, 7) is 0.0709. The molecule has 3 heterocycles. The minimum absolute atomic E-state index is 0.0709. The van der Waals surface area contributed by atoms with Crippen LogP contribution >= 0.6 is 22.9 Å². The number of amides is 1. The largest absolute Gasteiger partial charge is 0.467 e. The Morgan fingerprint density at radius 3 is 2.81 bits per heavy atom. The van der Waals surface area contributed by atoms with Gasteiger partial charge >= 0.3 is 12.1 Å². The lowest BCUT2D eigenvalue weighted by Gasteiger charge is -2.29. The quantitative estimate of drug-likeness (QED) is 0.352. The van der Waals surface area contributed by atoms with Gasteiger partial charge in [-0.3, -0.25) is 4.79 Å². The number of rotatable bonds is 4. The number of hydrogen-bond acceptors (Lipinski definition) is 6. The van der Waals surface area contributed by atoms with E-state index in [4.69, 9.17) is 11.6 Å². The Bertz CT molecular complexity index is 851. The number of thiophene rings is 1. The van der Waals surface area contributed by atoms with Crippen LogP contribution in [-0.4, -0.2) is 46.9 Å². The van der Waals surface area contributed by atoms with Gasteiger partial charge < -0.3 is 15.0 Å². The van der Waals surface area contributed by atoms with Gasteiger partial charge in [-0.05, 0) is 23.6 Å². The Morgan fingerprint density at radius 2 is 2.22 bits per heavy atom. The van der Waals surface area contributed by atoms with E-state index in [1.807, 2.05) is 0 Å². The Balaban J connectivity index is 2.00. The Morgan fingerprint density at radius 1 is 1.48 bits per heavy atom. The summed E-state index contributed by atoms with van der Waals surface area (Å²) in [5.74, 6) is -2.70. The third-order valence-corrected chi connectivity index (χ3v) is 5.42. The lowest BCUT2D eigenvalue weighted by molar-refractivity contribution is -0.152. The number of aliphatic imine (C=N–C) groups is 1. The van der Waals surface area contributed by atoms with Crippen molar-refractivity contribution in [1.82, 2.24) is 10.2 Å². The molecule has 0 fully saturated rings. The number of nitrogens with one attached hydrogen (secondary N) is 1. The first-order valence-corrected chi connectivity index (χ1v) is 8.91. The van der Waals surface area contributed by atoms with E-state index >= 15 is 0 Å². The number of carbonyl (C=O) groups excluding carboxylic acids is 2. The summed E-state index contributed by atoms with van der Waals surface area (Å²) in [4.78, 5) is 30.8. The van der Waals surface area contributed by atoms with E-state index in [0.717, 1.165) is 29.0 Å². The van der Waals surface area contributed by atoms with Crippen LogP contribution in [0, 0.1) is 0 Å². The molecule has 0 saturated carbocycles. The van der Waals surface area contributed by atoms with E-state index in [1.54, 1.807) is 17.5 Å². The molecule has 144 valence electrons. The van der Waals surface area contributed by atoms with Gasteiger partial charge in [-0.15, -0.1) is 11.3 Å². The summed E-state index contributed by atoms with van der Waals surface area (Å²) >= 11 is 7.63. The zero-order valence-corrected chi connectivity index (χ0v) is 15.4. The molecule has 27 heavy (non-hydrogen) atoms. The van der Waals surface area contributed by atoms with Gasteiger partial charge in [0.1, 0.15) is 5.84 Å². The number of carbonyl (C=O) groups is 2. The average molecular weight is 420 g/mol. The maximum atomic E-state index is 13.3. The van der Waals surface area contributed by atoms with E-state index in [0.29, 0.717) is 0 Å². The van der Waals surface area contributed by atoms with Crippen LogP contribution in [0.3, 0.4) is 0 Å². The third-order valence-electron chi connectivity index (χ3n) is 4.02. The topological polar surface area (TPSA) is 71.0 Å². The van der Waals surface area contributed by atoms with Crippen molar-refractivity contribution in [2.24, 2.45) is 4.99 Å². The summed E-state index contributed by atoms with van der Waals surface area (Å²) in [6, 6.07) is 3.53. The molecule has 3 rings (SSSR count). The number of hydrogen-bond donors (Lipinski definition) is 1. The van der Waals surface area contributed by atoms with Crippen molar-refractivity contribution in [2.75, 3.05) is 7.11 Å². The molecule has 2 aliphatic heterocycles. The van der Waals surface area contributed by atoms with Gasteiger partial charge in [-0.1, -0.05) is 17.7 Å². The van der Waals surface area contributed by atoms with Crippen molar-refractivity contribution in [1.29, 1.82) is 0 Å². The van der Waals surface area contributed by atoms with Crippen LogP contribution in [-0.2, 0) is 20.9 Å². The first-order chi connectivity index (χ1) is 12.7. The van der Waals surface area contributed by atoms with Gasteiger partial charge in [0.15, 0.2) is 5.50 Å². The summed E-state index contributed by atoms with van der Waals surface area (Å²) in [5, 5.41) is 4.30. The smallest absolute Gasteiger partial charge is 0.419 e. The highest BCUT2D eigenvalue weighted by atomic mass is 35.5. The van der Waals surface area contributed by atoms with Crippen LogP contribution in [0.15, 0.2) is 46.4 Å². The van der Waals surface area contributed by atoms with Gasteiger partial charge in [-0.2, -0.15) is 13.2 Å². The number of fused-ring (bicyclic) bond motifs is 1. The highest BCUT2D eigenvalue weighted by Gasteiger charge is 2.62. The molecule has 0 radical (unpaired) electrons. The second kappa shape index (κ2) is 7.01. The number of esters is 1. The van der Waals surface area contributed by atoms with Gasteiger partial charge in [-0.25, -0.2) is 9.79 Å². The van der Waals surface area contributed by atoms with Crippen molar-refractivity contribution >= 4 is 40.6 Å². The van der Waals surface area contributed by atoms with E-state index < -0.39 is 40.5 Å². The fourth-order valence-electron chi connectivity index (χ4n) is 2.73. The number of allylic oxidation sites excluding steroid dienone is 2. The van der Waals surface area contributed by atoms with Crippen molar-refractivity contribution in [3.8, 4) is 0 Å². The molecule has 1 aromatic heterocycles. The summed E-state index contributed by atoms with van der Waals surface area (Å²) < 4.78 is 44.6. The van der Waals surface area contributed by atoms with E-state index in [-0.39, 0.29) is 6.54 Å². The predicted molar refractivity (Wildman–Crippen MR) is 93.1 cm³/mol. The fourth-order valence-corrected chi connectivity index (χ4v) is 3.76. The predicted octanol–water partition coefficient (Wildman–Crippen LogP) is 2.57. The normalized spacial score (nSPS) is 24.2. The fraction of sp³-hybridized carbons (Fsp3) is 0.312. The third kappa shape index (κ3) is 3.23. The van der Waals surface area contributed by atoms with Gasteiger partial charge in [0.25, 0.3) is 11.4 Å². The molecular formula is C16H13ClF3N3O3S. The molecule has 0 saturated heterocycles. The summed E-state index contributed by atoms with van der Waals surface area (Å²) in [5.41, 5.74) is -5.00. The van der Waals surface area contributed by atoms with E-state index in [9.17, 15) is 22.8 Å². The summed E-state index contributed by atoms with van der Waals surface area (Å²) in [6.07, 6.45) is -1.59. The monoisotopic (exact) mass is 419 g/mol. The van der Waals surface area contributed by atoms with Gasteiger partial charge in [0.05, 0.1) is 19.2 Å². The van der Waals surface area contributed by atoms with Crippen molar-refractivity contribution in [3.63, 3.8) is 0 Å². The first kappa shape index (κ1) is 19.4. The summed E-state index contributed by atoms with van der Waals surface area (Å²) in [7, 11) is 1.01. The molecule has 2 unspecified atom stereocenters. The van der Waals surface area contributed by atoms with Crippen LogP contribution in [0.1, 0.15) is 4.88 Å². The molecule has 0 aliphatic carbocycles. The molecule has 1 amide bonds. The number of nitrogens with zero attached hydrogens (tertiary/aromatic N) is 2.